The zero-order chi connectivity index (χ0) is 15.0. The summed E-state index contributed by atoms with van der Waals surface area (Å²) in [6.07, 6.45) is 0. The SMILES string of the molecule is COc1cc(N2CC3COCC(C2)N3C(C)=O)ccc1N. The molecule has 1 aromatic carbocycles. The van der Waals surface area contributed by atoms with Crippen molar-refractivity contribution in [2.24, 2.45) is 0 Å². The van der Waals surface area contributed by atoms with Crippen molar-refractivity contribution in [1.29, 1.82) is 0 Å². The molecule has 0 saturated carbocycles. The van der Waals surface area contributed by atoms with Crippen molar-refractivity contribution in [1.82, 2.24) is 4.90 Å². The molecule has 6 nitrogen and oxygen atoms in total. The van der Waals surface area contributed by atoms with Gasteiger partial charge in [0.2, 0.25) is 5.91 Å². The van der Waals surface area contributed by atoms with Crippen LogP contribution in [0.1, 0.15) is 6.92 Å². The van der Waals surface area contributed by atoms with Crippen LogP contribution in [0.3, 0.4) is 0 Å². The minimum Gasteiger partial charge on any atom is -0.495 e. The normalized spacial score (nSPS) is 24.9. The first-order chi connectivity index (χ1) is 10.1. The van der Waals surface area contributed by atoms with Crippen molar-refractivity contribution >= 4 is 17.3 Å². The van der Waals surface area contributed by atoms with Crippen LogP contribution in [0.2, 0.25) is 0 Å². The minimum absolute atomic E-state index is 0.110. The average molecular weight is 291 g/mol. The summed E-state index contributed by atoms with van der Waals surface area (Å²) in [4.78, 5) is 16.1. The van der Waals surface area contributed by atoms with Crippen molar-refractivity contribution in [3.8, 4) is 5.75 Å². The van der Waals surface area contributed by atoms with Gasteiger partial charge in [0, 0.05) is 31.8 Å². The van der Waals surface area contributed by atoms with Gasteiger partial charge < -0.3 is 25.0 Å². The first-order valence-electron chi connectivity index (χ1n) is 7.15. The number of carbonyl (C=O) groups is 1. The highest BCUT2D eigenvalue weighted by Crippen LogP contribution is 2.31. The van der Waals surface area contributed by atoms with E-state index in [1.807, 2.05) is 23.1 Å². The third kappa shape index (κ3) is 2.51. The zero-order valence-corrected chi connectivity index (χ0v) is 12.4. The summed E-state index contributed by atoms with van der Waals surface area (Å²) in [5, 5.41) is 0. The first-order valence-corrected chi connectivity index (χ1v) is 7.15. The fraction of sp³-hybridized carbons (Fsp3) is 0.533. The number of piperazine rings is 1. The number of rotatable bonds is 2. The highest BCUT2D eigenvalue weighted by atomic mass is 16.5. The van der Waals surface area contributed by atoms with Crippen LogP contribution >= 0.6 is 0 Å². The van der Waals surface area contributed by atoms with Gasteiger partial charge in [-0.3, -0.25) is 4.79 Å². The van der Waals surface area contributed by atoms with Gasteiger partial charge in [0.25, 0.3) is 0 Å². The van der Waals surface area contributed by atoms with E-state index in [1.54, 1.807) is 14.0 Å². The van der Waals surface area contributed by atoms with E-state index in [9.17, 15) is 4.79 Å². The summed E-state index contributed by atoms with van der Waals surface area (Å²) in [7, 11) is 1.62. The molecule has 21 heavy (non-hydrogen) atoms. The summed E-state index contributed by atoms with van der Waals surface area (Å²) in [6, 6.07) is 6.03. The number of amides is 1. The highest BCUT2D eigenvalue weighted by molar-refractivity contribution is 5.75. The number of benzene rings is 1. The van der Waals surface area contributed by atoms with Gasteiger partial charge in [-0.25, -0.2) is 0 Å². The van der Waals surface area contributed by atoms with E-state index in [2.05, 4.69) is 4.90 Å². The third-order valence-corrected chi connectivity index (χ3v) is 4.22. The minimum atomic E-state index is 0.110. The van der Waals surface area contributed by atoms with Crippen molar-refractivity contribution < 1.29 is 14.3 Å². The molecule has 6 heteroatoms. The van der Waals surface area contributed by atoms with Gasteiger partial charge in [-0.15, -0.1) is 0 Å². The highest BCUT2D eigenvalue weighted by Gasteiger charge is 2.39. The Kier molecular flexibility index (Phi) is 3.63. The maximum absolute atomic E-state index is 11.8. The fourth-order valence-electron chi connectivity index (χ4n) is 3.29. The summed E-state index contributed by atoms with van der Waals surface area (Å²) >= 11 is 0. The Balaban J connectivity index is 1.84. The smallest absolute Gasteiger partial charge is 0.220 e. The molecule has 1 aromatic rings. The molecule has 2 unspecified atom stereocenters. The van der Waals surface area contributed by atoms with Crippen molar-refractivity contribution in [3.05, 3.63) is 18.2 Å². The Bertz CT molecular complexity index is 535. The maximum Gasteiger partial charge on any atom is 0.220 e. The Morgan fingerprint density at radius 1 is 1.33 bits per heavy atom. The number of nitrogen functional groups attached to an aromatic ring is 1. The topological polar surface area (TPSA) is 68.0 Å². The molecule has 2 fully saturated rings. The van der Waals surface area contributed by atoms with Crippen LogP contribution < -0.4 is 15.4 Å². The van der Waals surface area contributed by atoms with Gasteiger partial charge in [-0.1, -0.05) is 0 Å². The Morgan fingerprint density at radius 2 is 2.00 bits per heavy atom. The molecule has 114 valence electrons. The fourth-order valence-corrected chi connectivity index (χ4v) is 3.29. The molecule has 1 amide bonds. The molecule has 2 heterocycles. The molecular weight excluding hydrogens is 270 g/mol. The lowest BCUT2D eigenvalue weighted by Crippen LogP contribution is -2.65. The van der Waals surface area contributed by atoms with Crippen molar-refractivity contribution in [2.75, 3.05) is 44.0 Å². The predicted octanol–water partition coefficient (Wildman–Crippen LogP) is 0.713. The Hall–Kier alpha value is -1.95. The number of methoxy groups -OCH3 is 1. The van der Waals surface area contributed by atoms with E-state index < -0.39 is 0 Å². The van der Waals surface area contributed by atoms with Crippen LogP contribution in [-0.2, 0) is 9.53 Å². The molecule has 0 aliphatic carbocycles. The zero-order valence-electron chi connectivity index (χ0n) is 12.4. The second-order valence-corrected chi connectivity index (χ2v) is 5.60. The Labute approximate surface area is 124 Å². The van der Waals surface area contributed by atoms with E-state index in [0.717, 1.165) is 18.8 Å². The van der Waals surface area contributed by atoms with Gasteiger partial charge in [-0.2, -0.15) is 0 Å². The number of anilines is 2. The van der Waals surface area contributed by atoms with Crippen LogP contribution in [0.5, 0.6) is 5.75 Å². The molecule has 2 aliphatic rings. The summed E-state index contributed by atoms with van der Waals surface area (Å²) in [5.41, 5.74) is 7.57. The first kappa shape index (κ1) is 14.0. The van der Waals surface area contributed by atoms with E-state index in [-0.39, 0.29) is 18.0 Å². The van der Waals surface area contributed by atoms with Crippen LogP contribution in [0.4, 0.5) is 11.4 Å². The number of hydrogen-bond acceptors (Lipinski definition) is 5. The quantitative estimate of drug-likeness (QED) is 0.813. The number of fused-ring (bicyclic) bond motifs is 2. The lowest BCUT2D eigenvalue weighted by Gasteiger charge is -2.50. The molecule has 2 N–H and O–H groups in total. The van der Waals surface area contributed by atoms with Crippen LogP contribution in [0.15, 0.2) is 18.2 Å². The standard InChI is InChI=1S/C15H21N3O3/c1-10(19)18-12-6-17(7-13(18)9-21-8-12)11-3-4-14(16)15(5-11)20-2/h3-5,12-13H,6-9,16H2,1-2H3. The number of hydrogen-bond donors (Lipinski definition) is 1. The molecule has 0 spiro atoms. The maximum atomic E-state index is 11.8. The largest absolute Gasteiger partial charge is 0.495 e. The van der Waals surface area contributed by atoms with E-state index in [4.69, 9.17) is 15.2 Å². The molecule has 0 radical (unpaired) electrons. The van der Waals surface area contributed by atoms with Crippen LogP contribution in [0, 0.1) is 0 Å². The molecule has 3 rings (SSSR count). The van der Waals surface area contributed by atoms with Gasteiger partial charge in [0.05, 0.1) is 38.1 Å². The summed E-state index contributed by atoms with van der Waals surface area (Å²) < 4.78 is 10.9. The van der Waals surface area contributed by atoms with E-state index >= 15 is 0 Å². The van der Waals surface area contributed by atoms with E-state index in [1.165, 1.54) is 0 Å². The molecule has 2 atom stereocenters. The lowest BCUT2D eigenvalue weighted by atomic mass is 10.0. The van der Waals surface area contributed by atoms with E-state index in [0.29, 0.717) is 24.7 Å². The molecule has 2 aliphatic heterocycles. The van der Waals surface area contributed by atoms with Crippen molar-refractivity contribution in [3.63, 3.8) is 0 Å². The molecule has 0 aromatic heterocycles. The second kappa shape index (κ2) is 5.44. The number of ether oxygens (including phenoxy) is 2. The summed E-state index contributed by atoms with van der Waals surface area (Å²) in [6.45, 7) is 4.36. The average Bonchev–Trinajstić information content (AvgIpc) is 2.46. The van der Waals surface area contributed by atoms with Gasteiger partial charge in [0.1, 0.15) is 5.75 Å². The number of carbonyl (C=O) groups excluding carboxylic acids is 1. The van der Waals surface area contributed by atoms with Crippen molar-refractivity contribution in [2.45, 2.75) is 19.0 Å². The second-order valence-electron chi connectivity index (χ2n) is 5.60. The summed E-state index contributed by atoms with van der Waals surface area (Å²) in [5.74, 6) is 0.811. The molecule has 2 bridgehead atoms. The molecule has 2 saturated heterocycles. The van der Waals surface area contributed by atoms with Gasteiger partial charge in [0.15, 0.2) is 0 Å². The molecular formula is C15H21N3O3. The third-order valence-electron chi connectivity index (χ3n) is 4.22. The Morgan fingerprint density at radius 3 is 2.57 bits per heavy atom. The van der Waals surface area contributed by atoms with Gasteiger partial charge in [-0.05, 0) is 12.1 Å². The lowest BCUT2D eigenvalue weighted by molar-refractivity contribution is -0.144. The predicted molar refractivity (Wildman–Crippen MR) is 80.5 cm³/mol. The van der Waals surface area contributed by atoms with Crippen LogP contribution in [0.25, 0.3) is 0 Å². The van der Waals surface area contributed by atoms with Crippen LogP contribution in [-0.4, -0.2) is 56.3 Å². The van der Waals surface area contributed by atoms with Gasteiger partial charge >= 0.3 is 0 Å². The monoisotopic (exact) mass is 291 g/mol. The number of nitrogens with two attached hydrogens (primary N) is 1. The number of morpholine rings is 1. The number of nitrogens with zero attached hydrogens (tertiary/aromatic N) is 2.